The molecule has 1 saturated heterocycles. The maximum absolute atomic E-state index is 4.45. The Kier molecular flexibility index (Phi) is 5.81. The van der Waals surface area contributed by atoms with Crippen molar-refractivity contribution in [1.82, 2.24) is 29.7 Å². The first-order chi connectivity index (χ1) is 12.3. The van der Waals surface area contributed by atoms with Gasteiger partial charge in [-0.25, -0.2) is 9.97 Å². The van der Waals surface area contributed by atoms with Gasteiger partial charge in [0.1, 0.15) is 5.82 Å². The van der Waals surface area contributed by atoms with Gasteiger partial charge >= 0.3 is 0 Å². The number of nitrogens with one attached hydrogen (secondary N) is 2. The van der Waals surface area contributed by atoms with Gasteiger partial charge in [0.25, 0.3) is 0 Å². The zero-order valence-electron chi connectivity index (χ0n) is 14.8. The van der Waals surface area contributed by atoms with Gasteiger partial charge in [0.15, 0.2) is 5.96 Å². The van der Waals surface area contributed by atoms with Crippen LogP contribution in [0.2, 0.25) is 0 Å². The second kappa shape index (κ2) is 8.46. The van der Waals surface area contributed by atoms with Gasteiger partial charge < -0.3 is 20.1 Å². The molecule has 2 aromatic rings. The van der Waals surface area contributed by atoms with Crippen LogP contribution in [-0.4, -0.2) is 63.6 Å². The number of guanidine groups is 1. The second-order valence-corrected chi connectivity index (χ2v) is 6.28. The van der Waals surface area contributed by atoms with E-state index in [2.05, 4.69) is 47.0 Å². The van der Waals surface area contributed by atoms with Gasteiger partial charge in [-0.15, -0.1) is 0 Å². The Morgan fingerprint density at radius 3 is 2.92 bits per heavy atom. The smallest absolute Gasteiger partial charge is 0.193 e. The van der Waals surface area contributed by atoms with Crippen LogP contribution in [0.4, 0.5) is 5.82 Å². The van der Waals surface area contributed by atoms with Gasteiger partial charge in [-0.05, 0) is 12.3 Å². The Morgan fingerprint density at radius 1 is 1.28 bits per heavy atom. The molecule has 1 aliphatic rings. The quantitative estimate of drug-likeness (QED) is 0.483. The van der Waals surface area contributed by atoms with Gasteiger partial charge in [-0.3, -0.25) is 9.98 Å². The third kappa shape index (κ3) is 4.46. The Bertz CT molecular complexity index is 655. The van der Waals surface area contributed by atoms with Gasteiger partial charge in [-0.1, -0.05) is 6.92 Å². The fourth-order valence-electron chi connectivity index (χ4n) is 3.18. The van der Waals surface area contributed by atoms with Crippen molar-refractivity contribution in [3.05, 3.63) is 37.3 Å². The maximum atomic E-state index is 4.45. The Hall–Kier alpha value is -2.64. The van der Waals surface area contributed by atoms with Gasteiger partial charge in [-0.2, -0.15) is 0 Å². The lowest BCUT2D eigenvalue weighted by Crippen LogP contribution is -2.49. The van der Waals surface area contributed by atoms with Crippen LogP contribution >= 0.6 is 0 Å². The number of aliphatic imine (C=N–C) groups is 1. The third-order valence-corrected chi connectivity index (χ3v) is 4.62. The van der Waals surface area contributed by atoms with Crippen LogP contribution in [0.3, 0.4) is 0 Å². The van der Waals surface area contributed by atoms with Crippen LogP contribution in [0.5, 0.6) is 0 Å². The van der Waals surface area contributed by atoms with E-state index in [1.54, 1.807) is 18.6 Å². The average Bonchev–Trinajstić information content (AvgIpc) is 3.18. The molecule has 0 amide bonds. The second-order valence-electron chi connectivity index (χ2n) is 6.28. The normalized spacial score (nSPS) is 21.2. The zero-order valence-corrected chi connectivity index (χ0v) is 14.8. The average molecular weight is 342 g/mol. The fourth-order valence-corrected chi connectivity index (χ4v) is 3.18. The van der Waals surface area contributed by atoms with Crippen molar-refractivity contribution in [3.8, 4) is 0 Å². The first-order valence-electron chi connectivity index (χ1n) is 8.71. The lowest BCUT2D eigenvalue weighted by Gasteiger charge is -2.39. The predicted molar refractivity (Wildman–Crippen MR) is 98.5 cm³/mol. The minimum Gasteiger partial charge on any atom is -0.367 e. The molecule has 0 aromatic carbocycles. The van der Waals surface area contributed by atoms with Crippen LogP contribution in [0.1, 0.15) is 19.4 Å². The van der Waals surface area contributed by atoms with Crippen molar-refractivity contribution in [3.63, 3.8) is 0 Å². The minimum absolute atomic E-state index is 0.424. The molecule has 134 valence electrons. The van der Waals surface area contributed by atoms with E-state index in [4.69, 9.17) is 0 Å². The maximum Gasteiger partial charge on any atom is 0.193 e. The molecule has 0 radical (unpaired) electrons. The van der Waals surface area contributed by atoms with Crippen molar-refractivity contribution in [1.29, 1.82) is 0 Å². The molecule has 2 aromatic heterocycles. The fraction of sp³-hybridized carbons (Fsp3) is 0.529. The molecule has 0 bridgehead atoms. The van der Waals surface area contributed by atoms with E-state index in [1.165, 1.54) is 0 Å². The van der Waals surface area contributed by atoms with Crippen molar-refractivity contribution in [2.75, 3.05) is 38.5 Å². The van der Waals surface area contributed by atoms with Crippen LogP contribution in [-0.2, 0) is 0 Å². The van der Waals surface area contributed by atoms with E-state index in [1.807, 2.05) is 25.8 Å². The summed E-state index contributed by atoms with van der Waals surface area (Å²) in [5.41, 5.74) is 0. The van der Waals surface area contributed by atoms with E-state index in [9.17, 15) is 0 Å². The largest absolute Gasteiger partial charge is 0.367 e. The minimum atomic E-state index is 0.424. The molecule has 1 aliphatic heterocycles. The van der Waals surface area contributed by atoms with Crippen LogP contribution in [0, 0.1) is 5.92 Å². The summed E-state index contributed by atoms with van der Waals surface area (Å²) in [7, 11) is 1.84. The lowest BCUT2D eigenvalue weighted by atomic mass is 9.93. The van der Waals surface area contributed by atoms with Crippen molar-refractivity contribution in [2.24, 2.45) is 10.9 Å². The van der Waals surface area contributed by atoms with E-state index < -0.39 is 0 Å². The molecule has 1 fully saturated rings. The number of hydrogen-bond acceptors (Lipinski definition) is 5. The highest BCUT2D eigenvalue weighted by atomic mass is 15.3. The van der Waals surface area contributed by atoms with E-state index >= 15 is 0 Å². The van der Waals surface area contributed by atoms with E-state index in [-0.39, 0.29) is 0 Å². The third-order valence-electron chi connectivity index (χ3n) is 4.62. The molecule has 2 N–H and O–H groups in total. The molecular formula is C17H26N8. The SMILES string of the molecule is CN=C(NCCNc1cnccn1)N1CCC(C)C(n2ccnc2)C1. The topological polar surface area (TPSA) is 83.3 Å². The number of hydrogen-bond donors (Lipinski definition) is 2. The number of nitrogens with zero attached hydrogens (tertiary/aromatic N) is 6. The van der Waals surface area contributed by atoms with Crippen molar-refractivity contribution >= 4 is 11.8 Å². The number of aromatic nitrogens is 4. The van der Waals surface area contributed by atoms with Crippen molar-refractivity contribution < 1.29 is 0 Å². The van der Waals surface area contributed by atoms with E-state index in [0.717, 1.165) is 44.4 Å². The highest BCUT2D eigenvalue weighted by Crippen LogP contribution is 2.27. The first-order valence-corrected chi connectivity index (χ1v) is 8.71. The van der Waals surface area contributed by atoms with Gasteiger partial charge in [0, 0.05) is 58.0 Å². The lowest BCUT2D eigenvalue weighted by molar-refractivity contribution is 0.189. The summed E-state index contributed by atoms with van der Waals surface area (Å²) in [6, 6.07) is 0.424. The summed E-state index contributed by atoms with van der Waals surface area (Å²) in [4.78, 5) is 19.2. The van der Waals surface area contributed by atoms with Crippen LogP contribution in [0.15, 0.2) is 42.3 Å². The highest BCUT2D eigenvalue weighted by molar-refractivity contribution is 5.80. The standard InChI is InChI=1S/C17H26N8/c1-14-3-9-24(12-15(14)25-10-8-20-13-25)17(18-2)23-7-6-22-16-11-19-4-5-21-16/h4-5,8,10-11,13-15H,3,6-7,9,12H2,1-2H3,(H,18,23)(H,21,22). The molecule has 2 atom stereocenters. The number of rotatable bonds is 5. The molecule has 0 aliphatic carbocycles. The highest BCUT2D eigenvalue weighted by Gasteiger charge is 2.28. The zero-order chi connectivity index (χ0) is 17.5. The summed E-state index contributed by atoms with van der Waals surface area (Å²) >= 11 is 0. The summed E-state index contributed by atoms with van der Waals surface area (Å²) in [5, 5.41) is 6.67. The monoisotopic (exact) mass is 342 g/mol. The Morgan fingerprint density at radius 2 is 2.20 bits per heavy atom. The summed E-state index contributed by atoms with van der Waals surface area (Å²) in [6.45, 7) is 5.79. The summed E-state index contributed by atoms with van der Waals surface area (Å²) < 4.78 is 2.21. The molecule has 8 nitrogen and oxygen atoms in total. The molecule has 25 heavy (non-hydrogen) atoms. The Balaban J connectivity index is 1.50. The predicted octanol–water partition coefficient (Wildman–Crippen LogP) is 1.24. The summed E-state index contributed by atoms with van der Waals surface area (Å²) in [6.07, 6.45) is 12.0. The molecule has 2 unspecified atom stereocenters. The number of piperidine rings is 1. The molecule has 8 heteroatoms. The first kappa shape index (κ1) is 17.2. The molecule has 0 spiro atoms. The van der Waals surface area contributed by atoms with Crippen LogP contribution in [0.25, 0.3) is 0 Å². The molecular weight excluding hydrogens is 316 g/mol. The van der Waals surface area contributed by atoms with E-state index in [0.29, 0.717) is 12.0 Å². The molecule has 3 rings (SSSR count). The summed E-state index contributed by atoms with van der Waals surface area (Å²) in [5.74, 6) is 2.35. The number of likely N-dealkylation sites (tertiary alicyclic amines) is 1. The Labute approximate surface area is 148 Å². The van der Waals surface area contributed by atoms with Crippen LogP contribution < -0.4 is 10.6 Å². The molecule has 0 saturated carbocycles. The molecule has 3 heterocycles. The van der Waals surface area contributed by atoms with Gasteiger partial charge in [0.2, 0.25) is 0 Å². The number of anilines is 1. The number of imidazole rings is 1. The van der Waals surface area contributed by atoms with Gasteiger partial charge in [0.05, 0.1) is 18.6 Å². The van der Waals surface area contributed by atoms with Crippen molar-refractivity contribution in [2.45, 2.75) is 19.4 Å².